The van der Waals surface area contributed by atoms with E-state index in [4.69, 9.17) is 4.74 Å². The van der Waals surface area contributed by atoms with E-state index in [1.54, 1.807) is 31.4 Å². The van der Waals surface area contributed by atoms with Crippen LogP contribution in [0.3, 0.4) is 0 Å². The maximum absolute atomic E-state index is 12.9. The van der Waals surface area contributed by atoms with Gasteiger partial charge in [-0.1, -0.05) is 13.0 Å². The lowest BCUT2D eigenvalue weighted by molar-refractivity contribution is 0.0952. The number of aryl methyl sites for hydroxylation is 1. The fraction of sp³-hybridized carbons (Fsp3) is 0.250. The molecule has 0 radical (unpaired) electrons. The summed E-state index contributed by atoms with van der Waals surface area (Å²) in [6.07, 6.45) is 0.867. The molecule has 2 N–H and O–H groups in total. The Morgan fingerprint density at radius 2 is 1.73 bits per heavy atom. The van der Waals surface area contributed by atoms with Crippen LogP contribution in [0.15, 0.2) is 54.6 Å². The number of nitrogens with one attached hydrogen (secondary N) is 2. The molecular weight excluding hydrogens is 378 g/mol. The van der Waals surface area contributed by atoms with E-state index in [1.807, 2.05) is 55.7 Å². The van der Waals surface area contributed by atoms with E-state index in [2.05, 4.69) is 10.6 Å². The molecule has 0 saturated carbocycles. The maximum Gasteiger partial charge on any atom is 0.257 e. The molecule has 3 rings (SSSR count). The number of carbonyl (C=O) groups excluding carboxylic acids is 2. The highest BCUT2D eigenvalue weighted by atomic mass is 16.5. The van der Waals surface area contributed by atoms with Gasteiger partial charge in [-0.25, -0.2) is 0 Å². The topological polar surface area (TPSA) is 72.4 Å². The van der Waals surface area contributed by atoms with Crippen molar-refractivity contribution in [3.63, 3.8) is 0 Å². The zero-order valence-electron chi connectivity index (χ0n) is 17.8. The summed E-state index contributed by atoms with van der Waals surface area (Å²) in [6.45, 7) is 6.50. The zero-order valence-corrected chi connectivity index (χ0v) is 17.8. The summed E-state index contributed by atoms with van der Waals surface area (Å²) in [5.41, 5.74) is 4.44. The van der Waals surface area contributed by atoms with Crippen molar-refractivity contribution in [2.75, 3.05) is 19.0 Å². The molecule has 2 aromatic carbocycles. The van der Waals surface area contributed by atoms with E-state index in [1.165, 1.54) is 0 Å². The van der Waals surface area contributed by atoms with Crippen LogP contribution >= 0.6 is 0 Å². The van der Waals surface area contributed by atoms with E-state index in [-0.39, 0.29) is 11.8 Å². The molecule has 0 spiro atoms. The molecule has 6 nitrogen and oxygen atoms in total. The molecule has 30 heavy (non-hydrogen) atoms. The van der Waals surface area contributed by atoms with E-state index in [9.17, 15) is 9.59 Å². The lowest BCUT2D eigenvalue weighted by atomic mass is 10.1. The standard InChI is InChI=1S/C24H27N3O3/c1-5-13-25-23(28)18-7-6-8-19(15-18)26-24(29)22-14-16(2)27(17(22)3)20-9-11-21(30-4)12-10-20/h6-12,14-15H,5,13H2,1-4H3,(H,25,28)(H,26,29). The van der Waals surface area contributed by atoms with Crippen molar-refractivity contribution in [2.24, 2.45) is 0 Å². The first-order valence-electron chi connectivity index (χ1n) is 9.97. The number of anilines is 1. The number of rotatable bonds is 7. The molecule has 1 aromatic heterocycles. The summed E-state index contributed by atoms with van der Waals surface area (Å²) in [6, 6.07) is 16.5. The number of hydrogen-bond acceptors (Lipinski definition) is 3. The minimum absolute atomic E-state index is 0.148. The summed E-state index contributed by atoms with van der Waals surface area (Å²) >= 11 is 0. The molecule has 0 aliphatic carbocycles. The Bertz CT molecular complexity index is 1050. The summed E-state index contributed by atoms with van der Waals surface area (Å²) in [4.78, 5) is 25.1. The average molecular weight is 405 g/mol. The van der Waals surface area contributed by atoms with E-state index < -0.39 is 0 Å². The summed E-state index contributed by atoms with van der Waals surface area (Å²) in [7, 11) is 1.63. The molecule has 0 aliphatic rings. The van der Waals surface area contributed by atoms with Crippen molar-refractivity contribution in [1.82, 2.24) is 9.88 Å². The SMILES string of the molecule is CCCNC(=O)c1cccc(NC(=O)c2cc(C)n(-c3ccc(OC)cc3)c2C)c1. The quantitative estimate of drug-likeness (QED) is 0.608. The third-order valence-corrected chi connectivity index (χ3v) is 4.92. The van der Waals surface area contributed by atoms with Crippen molar-refractivity contribution in [2.45, 2.75) is 27.2 Å². The highest BCUT2D eigenvalue weighted by Crippen LogP contribution is 2.24. The Kier molecular flexibility index (Phi) is 6.57. The van der Waals surface area contributed by atoms with Crippen LogP contribution in [-0.4, -0.2) is 30.0 Å². The molecule has 6 heteroatoms. The highest BCUT2D eigenvalue weighted by Gasteiger charge is 2.17. The average Bonchev–Trinajstić information content (AvgIpc) is 3.06. The number of nitrogens with zero attached hydrogens (tertiary/aromatic N) is 1. The Morgan fingerprint density at radius 1 is 1.00 bits per heavy atom. The first-order valence-corrected chi connectivity index (χ1v) is 9.97. The third kappa shape index (κ3) is 4.54. The molecule has 156 valence electrons. The van der Waals surface area contributed by atoms with Gasteiger partial charge in [0.15, 0.2) is 0 Å². The Balaban J connectivity index is 1.82. The smallest absolute Gasteiger partial charge is 0.257 e. The van der Waals surface area contributed by atoms with Crippen LogP contribution in [0.25, 0.3) is 5.69 Å². The predicted molar refractivity (Wildman–Crippen MR) is 119 cm³/mol. The second-order valence-electron chi connectivity index (χ2n) is 7.11. The van der Waals surface area contributed by atoms with Gasteiger partial charge in [-0.2, -0.15) is 0 Å². The minimum atomic E-state index is -0.214. The van der Waals surface area contributed by atoms with Gasteiger partial charge in [0.2, 0.25) is 0 Å². The van der Waals surface area contributed by atoms with Crippen LogP contribution in [0.4, 0.5) is 5.69 Å². The van der Waals surface area contributed by atoms with Crippen LogP contribution in [0.1, 0.15) is 45.4 Å². The highest BCUT2D eigenvalue weighted by molar-refractivity contribution is 6.06. The maximum atomic E-state index is 12.9. The largest absolute Gasteiger partial charge is 0.497 e. The summed E-state index contributed by atoms with van der Waals surface area (Å²) in [5, 5.41) is 5.75. The number of carbonyl (C=O) groups is 2. The third-order valence-electron chi connectivity index (χ3n) is 4.92. The summed E-state index contributed by atoms with van der Waals surface area (Å²) < 4.78 is 7.25. The van der Waals surface area contributed by atoms with Gasteiger partial charge < -0.3 is 19.9 Å². The number of methoxy groups -OCH3 is 1. The van der Waals surface area contributed by atoms with Crippen LogP contribution in [0.5, 0.6) is 5.75 Å². The van der Waals surface area contributed by atoms with Crippen molar-refractivity contribution in [1.29, 1.82) is 0 Å². The number of benzene rings is 2. The Morgan fingerprint density at radius 3 is 2.40 bits per heavy atom. The van der Waals surface area contributed by atoms with Crippen LogP contribution in [0.2, 0.25) is 0 Å². The van der Waals surface area contributed by atoms with Gasteiger partial charge in [0.1, 0.15) is 5.75 Å². The molecule has 3 aromatic rings. The van der Waals surface area contributed by atoms with Gasteiger partial charge in [-0.15, -0.1) is 0 Å². The molecule has 0 unspecified atom stereocenters. The van der Waals surface area contributed by atoms with Crippen LogP contribution in [-0.2, 0) is 0 Å². The number of hydrogen-bond donors (Lipinski definition) is 2. The Labute approximate surface area is 176 Å². The van der Waals surface area contributed by atoms with Gasteiger partial charge in [0, 0.05) is 34.9 Å². The lowest BCUT2D eigenvalue weighted by Gasteiger charge is -2.11. The molecule has 2 amide bonds. The van der Waals surface area contributed by atoms with E-state index >= 15 is 0 Å². The second-order valence-corrected chi connectivity index (χ2v) is 7.11. The molecule has 0 aliphatic heterocycles. The van der Waals surface area contributed by atoms with Crippen LogP contribution < -0.4 is 15.4 Å². The fourth-order valence-corrected chi connectivity index (χ4v) is 3.40. The molecule has 0 fully saturated rings. The first-order chi connectivity index (χ1) is 14.4. The van der Waals surface area contributed by atoms with Gasteiger partial charge in [-0.3, -0.25) is 9.59 Å². The van der Waals surface area contributed by atoms with Crippen molar-refractivity contribution >= 4 is 17.5 Å². The molecular formula is C24H27N3O3. The van der Waals surface area contributed by atoms with Gasteiger partial charge in [-0.05, 0) is 68.8 Å². The van der Waals surface area contributed by atoms with Gasteiger partial charge >= 0.3 is 0 Å². The van der Waals surface area contributed by atoms with E-state index in [0.717, 1.165) is 29.2 Å². The molecule has 0 saturated heterocycles. The fourth-order valence-electron chi connectivity index (χ4n) is 3.40. The van der Waals surface area contributed by atoms with Gasteiger partial charge in [0.05, 0.1) is 12.7 Å². The zero-order chi connectivity index (χ0) is 21.7. The first kappa shape index (κ1) is 21.2. The number of aromatic nitrogens is 1. The van der Waals surface area contributed by atoms with Crippen molar-refractivity contribution < 1.29 is 14.3 Å². The molecule has 0 bridgehead atoms. The predicted octanol–water partition coefficient (Wildman–Crippen LogP) is 4.49. The monoisotopic (exact) mass is 405 g/mol. The number of ether oxygens (including phenoxy) is 1. The van der Waals surface area contributed by atoms with Crippen LogP contribution in [0, 0.1) is 13.8 Å². The minimum Gasteiger partial charge on any atom is -0.497 e. The van der Waals surface area contributed by atoms with E-state index in [0.29, 0.717) is 23.4 Å². The Hall–Kier alpha value is -3.54. The molecule has 0 atom stereocenters. The lowest BCUT2D eigenvalue weighted by Crippen LogP contribution is -2.24. The normalized spacial score (nSPS) is 10.5. The second kappa shape index (κ2) is 9.31. The molecule has 1 heterocycles. The summed E-state index contributed by atoms with van der Waals surface area (Å²) in [5.74, 6) is 0.418. The van der Waals surface area contributed by atoms with Gasteiger partial charge in [0.25, 0.3) is 11.8 Å². The van der Waals surface area contributed by atoms with Crippen molar-refractivity contribution in [3.05, 3.63) is 77.1 Å². The van der Waals surface area contributed by atoms with Crippen molar-refractivity contribution in [3.8, 4) is 11.4 Å². The number of amides is 2.